The molecule has 2 fully saturated rings. The van der Waals surface area contributed by atoms with Crippen LogP contribution in [0.4, 0.5) is 14.5 Å². The molecule has 6 rings (SSSR count). The molecule has 0 atom stereocenters. The van der Waals surface area contributed by atoms with Crippen LogP contribution >= 0.6 is 11.6 Å². The Morgan fingerprint density at radius 3 is 2.76 bits per heavy atom. The zero-order valence-electron chi connectivity index (χ0n) is 22.8. The topological polar surface area (TPSA) is 119 Å². The summed E-state index contributed by atoms with van der Waals surface area (Å²) in [6.07, 6.45) is 10.1. The van der Waals surface area contributed by atoms with Crippen molar-refractivity contribution in [2.24, 2.45) is 0 Å². The maximum absolute atomic E-state index is 13.3. The van der Waals surface area contributed by atoms with Crippen molar-refractivity contribution >= 4 is 34.7 Å². The van der Waals surface area contributed by atoms with Crippen LogP contribution in [0.25, 0.3) is 16.9 Å². The van der Waals surface area contributed by atoms with Gasteiger partial charge >= 0.3 is 6.61 Å². The number of nitrogens with one attached hydrogen (secondary N) is 2. The number of hydrogen-bond acceptors (Lipinski definition) is 7. The lowest BCUT2D eigenvalue weighted by Crippen LogP contribution is -2.48. The third-order valence-corrected chi connectivity index (χ3v) is 7.88. The molecule has 3 aromatic heterocycles. The van der Waals surface area contributed by atoms with Crippen LogP contribution in [-0.2, 0) is 11.3 Å². The summed E-state index contributed by atoms with van der Waals surface area (Å²) in [6.45, 7) is 0.249. The minimum Gasteiger partial charge on any atom is -0.434 e. The molecule has 0 bridgehead atoms. The second-order valence-electron chi connectivity index (χ2n) is 10.9. The number of amides is 2. The Labute approximate surface area is 244 Å². The molecular formula is C28H29ClF2N8O3. The Hall–Kier alpha value is -4.10. The third-order valence-electron chi connectivity index (χ3n) is 7.64. The molecule has 0 spiro atoms. The number of carbonyl (C=O) groups is 2. The molecule has 14 heteroatoms. The van der Waals surface area contributed by atoms with E-state index < -0.39 is 12.5 Å². The minimum absolute atomic E-state index is 0.109. The number of carbonyl (C=O) groups excluding carboxylic acids is 2. The molecule has 1 aromatic carbocycles. The summed E-state index contributed by atoms with van der Waals surface area (Å²) < 4.78 is 34.0. The number of fused-ring (bicyclic) bond motifs is 1. The molecule has 220 valence electrons. The van der Waals surface area contributed by atoms with E-state index in [-0.39, 0.29) is 51.3 Å². The number of anilines is 1. The standard InChI is InChI=1S/C28H29ClF2N8O3/c1-28(7-8-28)35-18-5-11-37(12-6-18)23(40)16-38-15-21(34-26(41)20-14-33-39-10-2-9-32-25(20)39)24(36-38)19-13-17(29)3-4-22(19)42-27(30)31/h2-4,9-10,13-15,18,27,35H,5-8,11-12,16H2,1H3,(H,34,41). The maximum Gasteiger partial charge on any atom is 0.387 e. The predicted octanol–water partition coefficient (Wildman–Crippen LogP) is 4.23. The van der Waals surface area contributed by atoms with Crippen LogP contribution in [0.1, 0.15) is 43.0 Å². The molecule has 2 aliphatic rings. The van der Waals surface area contributed by atoms with Crippen LogP contribution in [0.15, 0.2) is 49.1 Å². The zero-order chi connectivity index (χ0) is 29.4. The van der Waals surface area contributed by atoms with E-state index in [1.165, 1.54) is 58.8 Å². The highest BCUT2D eigenvalue weighted by molar-refractivity contribution is 6.31. The number of benzene rings is 1. The van der Waals surface area contributed by atoms with Crippen LogP contribution in [0.5, 0.6) is 5.75 Å². The molecular weight excluding hydrogens is 570 g/mol. The van der Waals surface area contributed by atoms with E-state index in [4.69, 9.17) is 16.3 Å². The van der Waals surface area contributed by atoms with Crippen LogP contribution in [0, 0.1) is 0 Å². The fraction of sp³-hybridized carbons (Fsp3) is 0.393. The van der Waals surface area contributed by atoms with Crippen LogP contribution in [0.2, 0.25) is 5.02 Å². The number of ether oxygens (including phenoxy) is 1. The Kier molecular flexibility index (Phi) is 7.54. The number of alkyl halides is 2. The summed E-state index contributed by atoms with van der Waals surface area (Å²) in [6, 6.07) is 6.18. The largest absolute Gasteiger partial charge is 0.434 e. The molecule has 2 N–H and O–H groups in total. The number of rotatable bonds is 9. The van der Waals surface area contributed by atoms with E-state index in [0.717, 1.165) is 12.8 Å². The maximum atomic E-state index is 13.3. The Morgan fingerprint density at radius 2 is 2.02 bits per heavy atom. The van der Waals surface area contributed by atoms with Crippen molar-refractivity contribution in [3.8, 4) is 17.0 Å². The number of hydrogen-bond donors (Lipinski definition) is 2. The minimum atomic E-state index is -3.10. The van der Waals surface area contributed by atoms with Crippen molar-refractivity contribution in [1.82, 2.24) is 34.6 Å². The number of aromatic nitrogens is 5. The molecule has 0 radical (unpaired) electrons. The van der Waals surface area contributed by atoms with Crippen molar-refractivity contribution in [1.29, 1.82) is 0 Å². The molecule has 1 aliphatic carbocycles. The van der Waals surface area contributed by atoms with E-state index in [1.54, 1.807) is 17.2 Å². The van der Waals surface area contributed by atoms with E-state index in [2.05, 4.69) is 32.7 Å². The highest BCUT2D eigenvalue weighted by Gasteiger charge is 2.39. The lowest BCUT2D eigenvalue weighted by molar-refractivity contribution is -0.133. The number of nitrogens with zero attached hydrogens (tertiary/aromatic N) is 6. The fourth-order valence-corrected chi connectivity index (χ4v) is 5.36. The van der Waals surface area contributed by atoms with Gasteiger partial charge in [-0.2, -0.15) is 19.0 Å². The van der Waals surface area contributed by atoms with Crippen LogP contribution in [0.3, 0.4) is 0 Å². The number of piperidine rings is 1. The first kappa shape index (κ1) is 28.0. The Bertz CT molecular complexity index is 1630. The van der Waals surface area contributed by atoms with Crippen molar-refractivity contribution < 1.29 is 23.1 Å². The van der Waals surface area contributed by atoms with E-state index >= 15 is 0 Å². The van der Waals surface area contributed by atoms with Crippen molar-refractivity contribution in [2.45, 2.75) is 57.3 Å². The van der Waals surface area contributed by atoms with E-state index in [9.17, 15) is 18.4 Å². The van der Waals surface area contributed by atoms with Gasteiger partial charge in [0, 0.05) is 53.8 Å². The molecule has 4 aromatic rings. The van der Waals surface area contributed by atoms with Crippen LogP contribution < -0.4 is 15.4 Å². The van der Waals surface area contributed by atoms with Gasteiger partial charge in [0.15, 0.2) is 5.65 Å². The van der Waals surface area contributed by atoms with Gasteiger partial charge in [-0.1, -0.05) is 11.6 Å². The van der Waals surface area contributed by atoms with Gasteiger partial charge < -0.3 is 20.3 Å². The SMILES string of the molecule is CC1(NC2CCN(C(=O)Cn3cc(NC(=O)c4cnn5cccnc45)c(-c4cc(Cl)ccc4OC(F)F)n3)CC2)CC1. The monoisotopic (exact) mass is 598 g/mol. The summed E-state index contributed by atoms with van der Waals surface area (Å²) in [7, 11) is 0. The molecule has 2 amide bonds. The second kappa shape index (κ2) is 11.3. The van der Waals surface area contributed by atoms with Crippen molar-refractivity contribution in [3.05, 3.63) is 59.6 Å². The molecule has 4 heterocycles. The van der Waals surface area contributed by atoms with E-state index in [1.807, 2.05) is 0 Å². The first-order valence-electron chi connectivity index (χ1n) is 13.6. The van der Waals surface area contributed by atoms with Gasteiger partial charge in [-0.05, 0) is 56.9 Å². The molecule has 11 nitrogen and oxygen atoms in total. The Balaban J connectivity index is 1.26. The molecule has 42 heavy (non-hydrogen) atoms. The summed E-state index contributed by atoms with van der Waals surface area (Å²) in [5.41, 5.74) is 1.16. The first-order valence-corrected chi connectivity index (χ1v) is 14.0. The Morgan fingerprint density at radius 1 is 1.24 bits per heavy atom. The molecule has 0 unspecified atom stereocenters. The number of likely N-dealkylation sites (tertiary alicyclic amines) is 1. The molecule has 1 saturated carbocycles. The summed E-state index contributed by atoms with van der Waals surface area (Å²) in [4.78, 5) is 32.6. The number of halogens is 3. The third kappa shape index (κ3) is 6.07. The molecule has 1 aliphatic heterocycles. The lowest BCUT2D eigenvalue weighted by atomic mass is 10.0. The summed E-state index contributed by atoms with van der Waals surface area (Å²) in [5, 5.41) is 15.4. The van der Waals surface area contributed by atoms with E-state index in [0.29, 0.717) is 24.8 Å². The van der Waals surface area contributed by atoms with Gasteiger partial charge in [0.05, 0.1) is 11.9 Å². The first-order chi connectivity index (χ1) is 20.2. The lowest BCUT2D eigenvalue weighted by Gasteiger charge is -2.34. The van der Waals surface area contributed by atoms with Gasteiger partial charge in [-0.15, -0.1) is 0 Å². The summed E-state index contributed by atoms with van der Waals surface area (Å²) in [5.74, 6) is -0.869. The average Bonchev–Trinajstić information content (AvgIpc) is 3.35. The molecule has 1 saturated heterocycles. The van der Waals surface area contributed by atoms with Crippen molar-refractivity contribution in [3.63, 3.8) is 0 Å². The van der Waals surface area contributed by atoms with Gasteiger partial charge in [0.1, 0.15) is 23.6 Å². The smallest absolute Gasteiger partial charge is 0.387 e. The summed E-state index contributed by atoms with van der Waals surface area (Å²) >= 11 is 6.21. The quantitative estimate of drug-likeness (QED) is 0.296. The predicted molar refractivity (Wildman–Crippen MR) is 151 cm³/mol. The van der Waals surface area contributed by atoms with Gasteiger partial charge in [-0.3, -0.25) is 14.3 Å². The van der Waals surface area contributed by atoms with Crippen molar-refractivity contribution in [2.75, 3.05) is 18.4 Å². The normalized spacial score (nSPS) is 16.6. The highest BCUT2D eigenvalue weighted by Crippen LogP contribution is 2.38. The van der Waals surface area contributed by atoms with Crippen LogP contribution in [-0.4, -0.2) is 72.4 Å². The zero-order valence-corrected chi connectivity index (χ0v) is 23.5. The second-order valence-corrected chi connectivity index (χ2v) is 11.3. The fourth-order valence-electron chi connectivity index (χ4n) is 5.19. The van der Waals surface area contributed by atoms with Gasteiger partial charge in [0.25, 0.3) is 5.91 Å². The van der Waals surface area contributed by atoms with Gasteiger partial charge in [-0.25, -0.2) is 9.50 Å². The average molecular weight is 599 g/mol. The van der Waals surface area contributed by atoms with Gasteiger partial charge in [0.2, 0.25) is 5.91 Å². The highest BCUT2D eigenvalue weighted by atomic mass is 35.5.